The Morgan fingerprint density at radius 2 is 2.11 bits per heavy atom. The second-order valence-corrected chi connectivity index (χ2v) is 10.6. The molecule has 1 N–H and O–H groups in total. The minimum Gasteiger partial charge on any atom is -0.383 e. The highest BCUT2D eigenvalue weighted by atomic mass is 32.2. The van der Waals surface area contributed by atoms with Crippen molar-refractivity contribution in [1.82, 2.24) is 14.3 Å². The van der Waals surface area contributed by atoms with Crippen molar-refractivity contribution in [2.75, 3.05) is 32.3 Å². The number of fused-ring (bicyclic) bond motifs is 3. The molecule has 150 valence electrons. The fourth-order valence-electron chi connectivity index (χ4n) is 3.20. The number of thiophene rings is 1. The van der Waals surface area contributed by atoms with Crippen LogP contribution in [0.2, 0.25) is 0 Å². The van der Waals surface area contributed by atoms with E-state index in [1.165, 1.54) is 28.6 Å². The third kappa shape index (κ3) is 5.11. The molecule has 0 saturated carbocycles. The van der Waals surface area contributed by atoms with Crippen molar-refractivity contribution in [3.63, 3.8) is 0 Å². The summed E-state index contributed by atoms with van der Waals surface area (Å²) in [7, 11) is -1.55. The van der Waals surface area contributed by atoms with Crippen LogP contribution in [0, 0.1) is 0 Å². The van der Waals surface area contributed by atoms with Crippen LogP contribution in [0.4, 0.5) is 0 Å². The number of aromatic nitrogens is 2. The first-order valence-electron chi connectivity index (χ1n) is 9.02. The Morgan fingerprint density at radius 3 is 2.85 bits per heavy atom. The summed E-state index contributed by atoms with van der Waals surface area (Å²) in [5.74, 6) is 0.679. The molecule has 0 fully saturated rings. The molecule has 0 unspecified atom stereocenters. The standard InChI is InChI=1S/C17H25N3O4S3/c1-24-10-9-20-16(21)14-12-6-3-4-7-13(12)26-15(14)19-17(20)25-11-5-8-18-27(2,22)23/h18H,3-11H2,1-2H3. The number of nitrogens with zero attached hydrogens (tertiary/aromatic N) is 2. The number of sulfonamides is 1. The first-order chi connectivity index (χ1) is 12.9. The second-order valence-electron chi connectivity index (χ2n) is 6.60. The van der Waals surface area contributed by atoms with Gasteiger partial charge in [-0.15, -0.1) is 11.3 Å². The monoisotopic (exact) mass is 431 g/mol. The molecule has 2 heterocycles. The molecule has 0 bridgehead atoms. The van der Waals surface area contributed by atoms with Gasteiger partial charge in [0.2, 0.25) is 10.0 Å². The van der Waals surface area contributed by atoms with E-state index >= 15 is 0 Å². The molecular formula is C17H25N3O4S3. The van der Waals surface area contributed by atoms with E-state index in [0.29, 0.717) is 37.0 Å². The van der Waals surface area contributed by atoms with Crippen LogP contribution < -0.4 is 10.3 Å². The van der Waals surface area contributed by atoms with E-state index in [4.69, 9.17) is 9.72 Å². The van der Waals surface area contributed by atoms with Crippen LogP contribution >= 0.6 is 23.1 Å². The van der Waals surface area contributed by atoms with Crippen LogP contribution in [0.15, 0.2) is 9.95 Å². The van der Waals surface area contributed by atoms with Crippen molar-refractivity contribution in [3.8, 4) is 0 Å². The van der Waals surface area contributed by atoms with E-state index in [9.17, 15) is 13.2 Å². The van der Waals surface area contributed by atoms with Gasteiger partial charge in [0.15, 0.2) is 5.16 Å². The first kappa shape index (κ1) is 20.8. The van der Waals surface area contributed by atoms with E-state index in [0.717, 1.165) is 35.7 Å². The molecule has 0 spiro atoms. The summed E-state index contributed by atoms with van der Waals surface area (Å²) in [5.41, 5.74) is 1.21. The van der Waals surface area contributed by atoms with Crippen LogP contribution in [-0.4, -0.2) is 50.2 Å². The molecule has 0 saturated heterocycles. The Kier molecular flexibility index (Phi) is 6.96. The molecule has 7 nitrogen and oxygen atoms in total. The SMILES string of the molecule is COCCn1c(SCCCNS(C)(=O)=O)nc2sc3c(c2c1=O)CCCC3. The summed E-state index contributed by atoms with van der Waals surface area (Å²) in [4.78, 5) is 20.1. The number of nitrogens with one attached hydrogen (secondary N) is 1. The van der Waals surface area contributed by atoms with Gasteiger partial charge in [-0.1, -0.05) is 11.8 Å². The average molecular weight is 432 g/mol. The predicted octanol–water partition coefficient (Wildman–Crippen LogP) is 2.01. The topological polar surface area (TPSA) is 90.3 Å². The Morgan fingerprint density at radius 1 is 1.33 bits per heavy atom. The zero-order valence-corrected chi connectivity index (χ0v) is 18.1. The first-order valence-corrected chi connectivity index (χ1v) is 12.7. The van der Waals surface area contributed by atoms with Crippen molar-refractivity contribution in [1.29, 1.82) is 0 Å². The molecule has 0 amide bonds. The molecule has 1 aliphatic rings. The zero-order valence-electron chi connectivity index (χ0n) is 15.6. The maximum atomic E-state index is 13.2. The van der Waals surface area contributed by atoms with Gasteiger partial charge in [-0.2, -0.15) is 0 Å². The molecule has 0 aromatic carbocycles. The van der Waals surface area contributed by atoms with Gasteiger partial charge < -0.3 is 4.74 Å². The highest BCUT2D eigenvalue weighted by Gasteiger charge is 2.22. The van der Waals surface area contributed by atoms with Gasteiger partial charge in [0.05, 0.1) is 24.8 Å². The number of rotatable bonds is 9. The van der Waals surface area contributed by atoms with Crippen molar-refractivity contribution in [2.24, 2.45) is 0 Å². The molecule has 27 heavy (non-hydrogen) atoms. The van der Waals surface area contributed by atoms with Gasteiger partial charge in [0.1, 0.15) is 4.83 Å². The van der Waals surface area contributed by atoms with Gasteiger partial charge in [-0.3, -0.25) is 9.36 Å². The van der Waals surface area contributed by atoms with E-state index in [2.05, 4.69) is 4.72 Å². The van der Waals surface area contributed by atoms with Crippen LogP contribution in [0.1, 0.15) is 29.7 Å². The van der Waals surface area contributed by atoms with Crippen LogP contribution in [0.3, 0.4) is 0 Å². The fraction of sp³-hybridized carbons (Fsp3) is 0.647. The average Bonchev–Trinajstić information content (AvgIpc) is 2.98. The number of ether oxygens (including phenoxy) is 1. The summed E-state index contributed by atoms with van der Waals surface area (Å²) in [5, 5.41) is 1.47. The lowest BCUT2D eigenvalue weighted by Crippen LogP contribution is -2.26. The van der Waals surface area contributed by atoms with E-state index in [1.807, 2.05) is 0 Å². The number of methoxy groups -OCH3 is 1. The number of hydrogen-bond acceptors (Lipinski definition) is 7. The molecule has 3 rings (SSSR count). The van der Waals surface area contributed by atoms with E-state index in [1.54, 1.807) is 23.0 Å². The second kappa shape index (κ2) is 9.04. The van der Waals surface area contributed by atoms with Gasteiger partial charge in [-0.25, -0.2) is 18.1 Å². The van der Waals surface area contributed by atoms with Crippen molar-refractivity contribution in [3.05, 3.63) is 20.8 Å². The molecule has 0 radical (unpaired) electrons. The molecule has 1 aliphatic carbocycles. The van der Waals surface area contributed by atoms with Gasteiger partial charge in [0.25, 0.3) is 5.56 Å². The van der Waals surface area contributed by atoms with Crippen LogP contribution in [-0.2, 0) is 34.1 Å². The highest BCUT2D eigenvalue weighted by Crippen LogP contribution is 2.34. The van der Waals surface area contributed by atoms with Crippen molar-refractivity contribution >= 4 is 43.3 Å². The minimum atomic E-state index is -3.17. The summed E-state index contributed by atoms with van der Waals surface area (Å²) in [6.07, 6.45) is 6.11. The number of thioether (sulfide) groups is 1. The Bertz CT molecular complexity index is 966. The van der Waals surface area contributed by atoms with Crippen LogP contribution in [0.5, 0.6) is 0 Å². The van der Waals surface area contributed by atoms with E-state index in [-0.39, 0.29) is 5.56 Å². The fourth-order valence-corrected chi connectivity index (χ4v) is 5.98. The zero-order chi connectivity index (χ0) is 19.4. The summed E-state index contributed by atoms with van der Waals surface area (Å²) >= 11 is 3.14. The summed E-state index contributed by atoms with van der Waals surface area (Å²) in [6.45, 7) is 1.29. The van der Waals surface area contributed by atoms with Crippen molar-refractivity contribution in [2.45, 2.75) is 43.8 Å². The number of hydrogen-bond donors (Lipinski definition) is 1. The number of aryl methyl sites for hydroxylation is 2. The lowest BCUT2D eigenvalue weighted by Gasteiger charge is -2.13. The van der Waals surface area contributed by atoms with Gasteiger partial charge in [-0.05, 0) is 37.7 Å². The molecule has 10 heteroatoms. The maximum absolute atomic E-state index is 13.2. The van der Waals surface area contributed by atoms with Gasteiger partial charge in [0, 0.05) is 24.3 Å². The summed E-state index contributed by atoms with van der Waals surface area (Å²) in [6, 6.07) is 0. The Balaban J connectivity index is 1.85. The normalized spacial score (nSPS) is 14.6. The smallest absolute Gasteiger partial charge is 0.263 e. The lowest BCUT2D eigenvalue weighted by atomic mass is 9.97. The highest BCUT2D eigenvalue weighted by molar-refractivity contribution is 7.99. The van der Waals surface area contributed by atoms with E-state index < -0.39 is 10.0 Å². The molecule has 0 atom stereocenters. The molecule has 2 aromatic heterocycles. The third-order valence-corrected chi connectivity index (χ3v) is 7.45. The van der Waals surface area contributed by atoms with Gasteiger partial charge >= 0.3 is 0 Å². The van der Waals surface area contributed by atoms with Crippen LogP contribution in [0.25, 0.3) is 10.2 Å². The Hall–Kier alpha value is -0.940. The Labute approximate surface area is 167 Å². The predicted molar refractivity (Wildman–Crippen MR) is 111 cm³/mol. The molecule has 0 aliphatic heterocycles. The quantitative estimate of drug-likeness (QED) is 0.371. The largest absolute Gasteiger partial charge is 0.383 e. The maximum Gasteiger partial charge on any atom is 0.263 e. The summed E-state index contributed by atoms with van der Waals surface area (Å²) < 4.78 is 31.6. The molecule has 2 aromatic rings. The third-order valence-electron chi connectivity index (χ3n) is 4.48. The minimum absolute atomic E-state index is 0.0215. The van der Waals surface area contributed by atoms with Crippen molar-refractivity contribution < 1.29 is 13.2 Å². The molecular weight excluding hydrogens is 406 g/mol. The lowest BCUT2D eigenvalue weighted by molar-refractivity contribution is 0.183.